The predicted molar refractivity (Wildman–Crippen MR) is 128 cm³/mol. The minimum absolute atomic E-state index is 0.164. The Kier molecular flexibility index (Phi) is 7.57. The van der Waals surface area contributed by atoms with Crippen molar-refractivity contribution >= 4 is 17.6 Å². The zero-order chi connectivity index (χ0) is 24.3. The maximum absolute atomic E-state index is 13.5. The summed E-state index contributed by atoms with van der Waals surface area (Å²) in [7, 11) is 5.23. The molecule has 0 aromatic carbocycles. The van der Waals surface area contributed by atoms with Crippen LogP contribution in [0, 0.1) is 13.8 Å². The van der Waals surface area contributed by atoms with Crippen LogP contribution in [-0.4, -0.2) is 78.6 Å². The highest BCUT2D eigenvalue weighted by Crippen LogP contribution is 2.26. The van der Waals surface area contributed by atoms with Crippen molar-refractivity contribution in [3.05, 3.63) is 33.9 Å². The van der Waals surface area contributed by atoms with Crippen molar-refractivity contribution < 1.29 is 14.3 Å². The second-order valence-corrected chi connectivity index (χ2v) is 8.32. The summed E-state index contributed by atoms with van der Waals surface area (Å²) >= 11 is 0. The van der Waals surface area contributed by atoms with Crippen molar-refractivity contribution in [1.29, 1.82) is 0 Å². The minimum atomic E-state index is -0.413. The molecular weight excluding hydrogens is 424 g/mol. The van der Waals surface area contributed by atoms with Gasteiger partial charge in [0.15, 0.2) is 0 Å². The predicted octanol–water partition coefficient (Wildman–Crippen LogP) is 2.28. The molecular formula is C23H34N6O4. The third-order valence-electron chi connectivity index (χ3n) is 5.87. The second kappa shape index (κ2) is 10.2. The van der Waals surface area contributed by atoms with Gasteiger partial charge in [0.25, 0.3) is 5.56 Å². The number of nitrogens with zero attached hydrogens (tertiary/aromatic N) is 5. The van der Waals surface area contributed by atoms with Gasteiger partial charge in [0.05, 0.1) is 31.5 Å². The molecule has 1 amide bonds. The number of nitrogens with one attached hydrogen (secondary N) is 1. The number of hydrogen-bond acceptors (Lipinski definition) is 8. The number of methoxy groups -OCH3 is 1. The van der Waals surface area contributed by atoms with E-state index in [1.807, 2.05) is 52.8 Å². The number of amides is 1. The van der Waals surface area contributed by atoms with Crippen LogP contribution in [0.3, 0.4) is 0 Å². The van der Waals surface area contributed by atoms with Gasteiger partial charge >= 0.3 is 6.09 Å². The fraction of sp³-hybridized carbons (Fsp3) is 0.565. The number of hydrogen-bond donors (Lipinski definition) is 1. The number of pyridine rings is 1. The Morgan fingerprint density at radius 1 is 1.27 bits per heavy atom. The van der Waals surface area contributed by atoms with Gasteiger partial charge in [0.1, 0.15) is 17.3 Å². The Labute approximate surface area is 194 Å². The summed E-state index contributed by atoms with van der Waals surface area (Å²) in [5.41, 5.74) is 2.64. The Morgan fingerprint density at radius 2 is 2.00 bits per heavy atom. The zero-order valence-corrected chi connectivity index (χ0v) is 20.5. The Hall–Kier alpha value is -3.14. The van der Waals surface area contributed by atoms with Crippen molar-refractivity contribution in [2.45, 2.75) is 46.4 Å². The van der Waals surface area contributed by atoms with Crippen LogP contribution in [0.5, 0.6) is 0 Å². The average molecular weight is 459 g/mol. The molecule has 1 N–H and O–H groups in total. The van der Waals surface area contributed by atoms with E-state index in [4.69, 9.17) is 14.5 Å². The van der Waals surface area contributed by atoms with E-state index in [-0.39, 0.29) is 17.7 Å². The fourth-order valence-electron chi connectivity index (χ4n) is 4.11. The minimum Gasteiger partial charge on any atom is -0.453 e. The molecule has 0 radical (unpaired) electrons. The Bertz CT molecular complexity index is 1070. The summed E-state index contributed by atoms with van der Waals surface area (Å²) in [6, 6.07) is 1.73. The molecule has 2 aromatic rings. The number of carbonyl (C=O) groups is 1. The van der Waals surface area contributed by atoms with Crippen LogP contribution in [-0.2, 0) is 16.0 Å². The lowest BCUT2D eigenvalue weighted by molar-refractivity contribution is 0.0614. The molecule has 1 fully saturated rings. The van der Waals surface area contributed by atoms with E-state index in [0.717, 1.165) is 16.9 Å². The van der Waals surface area contributed by atoms with Crippen molar-refractivity contribution in [2.24, 2.45) is 0 Å². The molecule has 1 unspecified atom stereocenters. The second-order valence-electron chi connectivity index (χ2n) is 8.32. The van der Waals surface area contributed by atoms with Crippen molar-refractivity contribution in [1.82, 2.24) is 19.4 Å². The van der Waals surface area contributed by atoms with Gasteiger partial charge in [0, 0.05) is 45.6 Å². The summed E-state index contributed by atoms with van der Waals surface area (Å²) in [6.45, 7) is 9.35. The van der Waals surface area contributed by atoms with Gasteiger partial charge in [0.2, 0.25) is 0 Å². The molecule has 10 heteroatoms. The summed E-state index contributed by atoms with van der Waals surface area (Å²) in [6.07, 6.45) is 1.10. The maximum Gasteiger partial charge on any atom is 0.409 e. The van der Waals surface area contributed by atoms with E-state index in [2.05, 4.69) is 10.3 Å². The number of ether oxygens (including phenoxy) is 2. The number of aromatic nitrogens is 3. The fourth-order valence-corrected chi connectivity index (χ4v) is 4.11. The molecule has 180 valence electrons. The number of likely N-dealkylation sites (tertiary alicyclic amines) is 1. The molecule has 10 nitrogen and oxygen atoms in total. The van der Waals surface area contributed by atoms with Gasteiger partial charge in [-0.05, 0) is 39.3 Å². The van der Waals surface area contributed by atoms with E-state index in [1.54, 1.807) is 15.7 Å². The lowest BCUT2D eigenvalue weighted by Gasteiger charge is -2.23. The molecule has 33 heavy (non-hydrogen) atoms. The van der Waals surface area contributed by atoms with Crippen LogP contribution in [0.25, 0.3) is 11.4 Å². The maximum atomic E-state index is 13.5. The molecule has 0 aliphatic carbocycles. The van der Waals surface area contributed by atoms with Gasteiger partial charge in [-0.2, -0.15) is 0 Å². The molecule has 1 saturated heterocycles. The van der Waals surface area contributed by atoms with Crippen LogP contribution in [0.2, 0.25) is 0 Å². The standard InChI is InChI=1S/C23H34N6O4/c1-8-29-21(16-11-24-19(27(5)6)10-14(16)3)25-15(4)20(22(29)30)26-17-12-28(23(31)32-7)13-18(17)33-9-2/h10-11,17-18,26H,8-9,12-13H2,1-7H3/t17?,18-/m0/s1. The van der Waals surface area contributed by atoms with Gasteiger partial charge < -0.3 is 24.6 Å². The SMILES string of the molecule is CCO[C@H]1CN(C(=O)OC)CC1Nc1c(C)nc(-c2cnc(N(C)C)cc2C)n(CC)c1=O. The van der Waals surface area contributed by atoms with Crippen LogP contribution < -0.4 is 15.8 Å². The normalized spacial score (nSPS) is 17.8. The van der Waals surface area contributed by atoms with E-state index in [0.29, 0.717) is 43.4 Å². The highest BCUT2D eigenvalue weighted by molar-refractivity contribution is 5.68. The first kappa shape index (κ1) is 24.5. The lowest BCUT2D eigenvalue weighted by Crippen LogP contribution is -2.38. The molecule has 1 aliphatic rings. The van der Waals surface area contributed by atoms with Gasteiger partial charge in [-0.1, -0.05) is 0 Å². The molecule has 1 aliphatic heterocycles. The number of carbonyl (C=O) groups excluding carboxylic acids is 1. The van der Waals surface area contributed by atoms with Crippen LogP contribution in [0.4, 0.5) is 16.3 Å². The monoisotopic (exact) mass is 458 g/mol. The summed E-state index contributed by atoms with van der Waals surface area (Å²) < 4.78 is 12.3. The van der Waals surface area contributed by atoms with Crippen LogP contribution in [0.1, 0.15) is 25.1 Å². The van der Waals surface area contributed by atoms with Crippen molar-refractivity contribution in [3.8, 4) is 11.4 Å². The first-order valence-corrected chi connectivity index (χ1v) is 11.2. The third-order valence-corrected chi connectivity index (χ3v) is 5.87. The summed E-state index contributed by atoms with van der Waals surface area (Å²) in [4.78, 5) is 38.4. The quantitative estimate of drug-likeness (QED) is 0.674. The van der Waals surface area contributed by atoms with Gasteiger partial charge in [-0.25, -0.2) is 14.8 Å². The number of anilines is 2. The van der Waals surface area contributed by atoms with E-state index in [1.165, 1.54) is 7.11 Å². The highest BCUT2D eigenvalue weighted by Gasteiger charge is 2.37. The number of aryl methyl sites for hydroxylation is 2. The van der Waals surface area contributed by atoms with Crippen LogP contribution >= 0.6 is 0 Å². The molecule has 0 bridgehead atoms. The summed E-state index contributed by atoms with van der Waals surface area (Å²) in [5, 5.41) is 3.32. The zero-order valence-electron chi connectivity index (χ0n) is 20.5. The summed E-state index contributed by atoms with van der Waals surface area (Å²) in [5.74, 6) is 1.43. The van der Waals surface area contributed by atoms with Crippen molar-refractivity contribution in [3.63, 3.8) is 0 Å². The molecule has 0 spiro atoms. The largest absolute Gasteiger partial charge is 0.453 e. The van der Waals surface area contributed by atoms with Gasteiger partial charge in [-0.3, -0.25) is 9.36 Å². The molecule has 2 atom stereocenters. The first-order chi connectivity index (χ1) is 15.7. The smallest absolute Gasteiger partial charge is 0.409 e. The lowest BCUT2D eigenvalue weighted by atomic mass is 10.1. The first-order valence-electron chi connectivity index (χ1n) is 11.2. The highest BCUT2D eigenvalue weighted by atomic mass is 16.5. The number of rotatable bonds is 7. The van der Waals surface area contributed by atoms with E-state index < -0.39 is 6.09 Å². The third kappa shape index (κ3) is 4.95. The molecule has 3 rings (SSSR count). The topological polar surface area (TPSA) is 102 Å². The van der Waals surface area contributed by atoms with E-state index in [9.17, 15) is 9.59 Å². The Morgan fingerprint density at radius 3 is 2.58 bits per heavy atom. The molecule has 0 saturated carbocycles. The molecule has 2 aromatic heterocycles. The van der Waals surface area contributed by atoms with Crippen LogP contribution in [0.15, 0.2) is 17.1 Å². The van der Waals surface area contributed by atoms with E-state index >= 15 is 0 Å². The molecule has 3 heterocycles. The Balaban J connectivity index is 1.99. The van der Waals surface area contributed by atoms with Gasteiger partial charge in [-0.15, -0.1) is 0 Å². The van der Waals surface area contributed by atoms with Crippen molar-refractivity contribution in [2.75, 3.05) is 51.1 Å². The average Bonchev–Trinajstić information content (AvgIpc) is 3.18.